The summed E-state index contributed by atoms with van der Waals surface area (Å²) in [4.78, 5) is 9.70. The number of hydrogen-bond acceptors (Lipinski definition) is 4. The van der Waals surface area contributed by atoms with E-state index in [0.29, 0.717) is 11.5 Å². The van der Waals surface area contributed by atoms with Crippen LogP contribution in [-0.2, 0) is 37.3 Å². The monoisotopic (exact) mass is 1150 g/mol. The van der Waals surface area contributed by atoms with Gasteiger partial charge < -0.3 is 19.1 Å². The predicted molar refractivity (Wildman–Crippen MR) is 304 cm³/mol. The number of anilines is 4. The van der Waals surface area contributed by atoms with Gasteiger partial charge in [-0.15, -0.1) is 53.8 Å². The van der Waals surface area contributed by atoms with Crippen LogP contribution < -0.4 is 14.5 Å². The molecule has 6 heteroatoms. The van der Waals surface area contributed by atoms with Gasteiger partial charge in [-0.25, -0.2) is 4.98 Å². The van der Waals surface area contributed by atoms with Crippen molar-refractivity contribution < 1.29 is 25.8 Å². The molecule has 0 fully saturated rings. The molecule has 1 aliphatic carbocycles. The molecule has 13 rings (SSSR count). The van der Waals surface area contributed by atoms with Crippen molar-refractivity contribution in [2.24, 2.45) is 0 Å². The third-order valence-electron chi connectivity index (χ3n) is 15.1. The molecule has 1 aliphatic heterocycles. The number of rotatable bonds is 9. The van der Waals surface area contributed by atoms with Crippen LogP contribution in [0.2, 0.25) is 0 Å². The zero-order chi connectivity index (χ0) is 50.3. The first-order valence-corrected chi connectivity index (χ1v) is 25.6. The molecule has 2 aromatic heterocycles. The minimum atomic E-state index is -0.646. The number of nitrogens with zero attached hydrogens (tertiary/aromatic N) is 4. The van der Waals surface area contributed by atoms with Gasteiger partial charge in [-0.1, -0.05) is 216 Å². The molecule has 2 aliphatic rings. The molecule has 0 saturated carbocycles. The molecule has 0 radical (unpaired) electrons. The average molecular weight is 1150 g/mol. The van der Waals surface area contributed by atoms with Gasteiger partial charge in [-0.05, 0) is 79.9 Å². The predicted octanol–water partition coefficient (Wildman–Crippen LogP) is 17.6. The van der Waals surface area contributed by atoms with E-state index in [1.165, 1.54) is 27.6 Å². The molecule has 0 unspecified atom stereocenters. The number of para-hydroxylation sites is 3. The number of ether oxygens (including phenoxy) is 1. The molecule has 0 saturated heterocycles. The van der Waals surface area contributed by atoms with E-state index in [4.69, 9.17) is 9.72 Å². The Kier molecular flexibility index (Phi) is 11.8. The Hall–Kier alpha value is -7.98. The average Bonchev–Trinajstić information content (AvgIpc) is 4.16. The molecular weight excluding hydrogens is 1100 g/mol. The topological polar surface area (TPSA) is 33.5 Å². The van der Waals surface area contributed by atoms with Crippen LogP contribution in [0.5, 0.6) is 11.5 Å². The Bertz CT molecular complexity index is 3830. The molecule has 5 nitrogen and oxygen atoms in total. The van der Waals surface area contributed by atoms with Crippen molar-refractivity contribution in [3.8, 4) is 39.6 Å². The SMILES string of the molecule is CC(C)(C)c1cc(Oc2[c-]c3c4c(c2)C(c2ccccc2)(c2ccccc2)c2cccc(c24)n3-c2cc(C(C)(C)C)ccn2)[c-]c(N2[CH-]N(c3c(-c4ccccc4)cccc3-c3ccccc3)c3ccccc32)c1.[Pt]. The van der Waals surface area contributed by atoms with Crippen LogP contribution in [0.25, 0.3) is 49.9 Å². The summed E-state index contributed by atoms with van der Waals surface area (Å²) in [7, 11) is 0. The van der Waals surface area contributed by atoms with Crippen LogP contribution >= 0.6 is 0 Å². The summed E-state index contributed by atoms with van der Waals surface area (Å²) >= 11 is 0. The van der Waals surface area contributed by atoms with E-state index in [1.54, 1.807) is 0 Å². The Morgan fingerprint density at radius 2 is 1.04 bits per heavy atom. The van der Waals surface area contributed by atoms with E-state index in [-0.39, 0.29) is 31.9 Å². The fraction of sp³-hybridized carbons (Fsp3) is 0.130. The van der Waals surface area contributed by atoms with Crippen LogP contribution in [0.3, 0.4) is 0 Å². The summed E-state index contributed by atoms with van der Waals surface area (Å²) in [5.74, 6) is 2.05. The van der Waals surface area contributed by atoms with Crippen molar-refractivity contribution in [3.05, 3.63) is 271 Å². The molecular formula is C69H55N4OPt-3. The molecule has 0 spiro atoms. The summed E-state index contributed by atoms with van der Waals surface area (Å²) in [6.07, 6.45) is 1.94. The van der Waals surface area contributed by atoms with Crippen molar-refractivity contribution in [2.75, 3.05) is 9.80 Å². The maximum atomic E-state index is 7.34. The number of benzene rings is 9. The summed E-state index contributed by atoms with van der Waals surface area (Å²) in [6, 6.07) is 84.0. The van der Waals surface area contributed by atoms with E-state index in [2.05, 4.69) is 287 Å². The Morgan fingerprint density at radius 3 is 1.64 bits per heavy atom. The van der Waals surface area contributed by atoms with Gasteiger partial charge in [0.25, 0.3) is 0 Å². The van der Waals surface area contributed by atoms with Crippen LogP contribution in [0, 0.1) is 18.8 Å². The van der Waals surface area contributed by atoms with Gasteiger partial charge in [0.15, 0.2) is 0 Å². The minimum absolute atomic E-state index is 0. The van der Waals surface area contributed by atoms with Gasteiger partial charge in [0.2, 0.25) is 0 Å². The van der Waals surface area contributed by atoms with Crippen molar-refractivity contribution in [1.29, 1.82) is 0 Å². The molecule has 9 aromatic carbocycles. The van der Waals surface area contributed by atoms with Crippen LogP contribution in [-0.4, -0.2) is 9.55 Å². The van der Waals surface area contributed by atoms with Gasteiger partial charge in [-0.3, -0.25) is 0 Å². The molecule has 11 aromatic rings. The van der Waals surface area contributed by atoms with E-state index in [1.807, 2.05) is 6.20 Å². The quantitative estimate of drug-likeness (QED) is 0.135. The van der Waals surface area contributed by atoms with Gasteiger partial charge in [0, 0.05) is 77.9 Å². The standard InChI is InChI=1S/C69H55N4O.Pt/c1-67(2,3)50-37-38-70-63(41-50)73-61-36-22-33-57-64(61)65-58(69(57,48-27-15-9-16-28-48)49-29-17-10-18-30-49)43-54(44-62(65)73)74-53-40-51(68(4,5)6)39-52(42-53)71-45-72(60-35-20-19-34-59(60)71)66-55(46-23-11-7-12-24-46)31-21-32-56(66)47-25-13-8-14-26-47;/h7-41,43,45H,1-6H3;/q-3;. The second-order valence-electron chi connectivity index (χ2n) is 21.7. The molecule has 75 heavy (non-hydrogen) atoms. The van der Waals surface area contributed by atoms with Crippen molar-refractivity contribution >= 4 is 44.6 Å². The third kappa shape index (κ3) is 7.90. The first kappa shape index (κ1) is 48.0. The van der Waals surface area contributed by atoms with E-state index in [9.17, 15) is 0 Å². The fourth-order valence-corrected chi connectivity index (χ4v) is 11.5. The van der Waals surface area contributed by atoms with Gasteiger partial charge in [0.1, 0.15) is 5.82 Å². The molecule has 0 atom stereocenters. The largest absolute Gasteiger partial charge is 0.509 e. The van der Waals surface area contributed by atoms with Crippen LogP contribution in [0.1, 0.15) is 74.9 Å². The Labute approximate surface area is 455 Å². The molecule has 0 bridgehead atoms. The zero-order valence-corrected chi connectivity index (χ0v) is 45.1. The first-order chi connectivity index (χ1) is 36.0. The summed E-state index contributed by atoms with van der Waals surface area (Å²) in [6.45, 7) is 15.8. The second-order valence-corrected chi connectivity index (χ2v) is 21.7. The number of fused-ring (bicyclic) bond motifs is 1. The van der Waals surface area contributed by atoms with Crippen LogP contribution in [0.15, 0.2) is 219 Å². The maximum Gasteiger partial charge on any atom is 0.135 e. The van der Waals surface area contributed by atoms with E-state index < -0.39 is 5.41 Å². The fourth-order valence-electron chi connectivity index (χ4n) is 11.5. The van der Waals surface area contributed by atoms with Gasteiger partial charge in [0.05, 0.1) is 0 Å². The molecule has 0 amide bonds. The maximum absolute atomic E-state index is 7.34. The summed E-state index contributed by atoms with van der Waals surface area (Å²) in [5.41, 5.74) is 16.8. The number of pyridine rings is 1. The molecule has 0 N–H and O–H groups in total. The van der Waals surface area contributed by atoms with Gasteiger partial charge in [-0.2, -0.15) is 0 Å². The van der Waals surface area contributed by atoms with E-state index in [0.717, 1.165) is 78.4 Å². The van der Waals surface area contributed by atoms with Crippen molar-refractivity contribution in [2.45, 2.75) is 57.8 Å². The van der Waals surface area contributed by atoms with E-state index >= 15 is 0 Å². The zero-order valence-electron chi connectivity index (χ0n) is 42.9. The van der Waals surface area contributed by atoms with Crippen molar-refractivity contribution in [3.63, 3.8) is 0 Å². The van der Waals surface area contributed by atoms with Crippen LogP contribution in [0.4, 0.5) is 22.7 Å². The third-order valence-corrected chi connectivity index (χ3v) is 15.1. The number of hydrogen-bond donors (Lipinski definition) is 0. The Balaban J connectivity index is 0.00000569. The number of aromatic nitrogens is 2. The minimum Gasteiger partial charge on any atom is -0.509 e. The molecule has 370 valence electrons. The summed E-state index contributed by atoms with van der Waals surface area (Å²) < 4.78 is 9.63. The summed E-state index contributed by atoms with van der Waals surface area (Å²) in [5, 5.41) is 2.36. The van der Waals surface area contributed by atoms with Gasteiger partial charge >= 0.3 is 0 Å². The Morgan fingerprint density at radius 1 is 0.493 bits per heavy atom. The molecule has 3 heterocycles. The first-order valence-electron chi connectivity index (χ1n) is 25.6. The second kappa shape index (κ2) is 18.4. The smallest absolute Gasteiger partial charge is 0.135 e. The van der Waals surface area contributed by atoms with Crippen molar-refractivity contribution in [1.82, 2.24) is 9.55 Å². The normalized spacial score (nSPS) is 13.6.